The van der Waals surface area contributed by atoms with E-state index in [4.69, 9.17) is 0 Å². The highest BCUT2D eigenvalue weighted by Gasteiger charge is 2.12. The Morgan fingerprint density at radius 3 is 3.07 bits per heavy atom. The van der Waals surface area contributed by atoms with Crippen molar-refractivity contribution in [3.63, 3.8) is 0 Å². The Morgan fingerprint density at radius 1 is 1.50 bits per heavy atom. The van der Waals surface area contributed by atoms with Crippen LogP contribution in [0.25, 0.3) is 12.2 Å². The van der Waals surface area contributed by atoms with Crippen molar-refractivity contribution in [2.24, 2.45) is 0 Å². The second-order valence-electron chi connectivity index (χ2n) is 3.46. The van der Waals surface area contributed by atoms with Gasteiger partial charge in [-0.2, -0.15) is 0 Å². The molecule has 0 nitrogen and oxygen atoms in total. The molecule has 0 saturated carbocycles. The molecule has 1 heteroatoms. The van der Waals surface area contributed by atoms with Gasteiger partial charge in [0.25, 0.3) is 0 Å². The van der Waals surface area contributed by atoms with E-state index in [0.29, 0.717) is 0 Å². The van der Waals surface area contributed by atoms with Crippen LogP contribution < -0.4 is 0 Å². The fourth-order valence-corrected chi connectivity index (χ4v) is 2.97. The van der Waals surface area contributed by atoms with Crippen LogP contribution in [0.2, 0.25) is 0 Å². The lowest BCUT2D eigenvalue weighted by Crippen LogP contribution is -1.88. The first-order chi connectivity index (χ1) is 6.83. The van der Waals surface area contributed by atoms with Gasteiger partial charge >= 0.3 is 0 Å². The molecule has 0 aromatic carbocycles. The van der Waals surface area contributed by atoms with Crippen molar-refractivity contribution in [3.8, 4) is 0 Å². The zero-order valence-corrected chi connectivity index (χ0v) is 9.23. The first kappa shape index (κ1) is 9.47. The summed E-state index contributed by atoms with van der Waals surface area (Å²) in [6.45, 7) is 5.89. The summed E-state index contributed by atoms with van der Waals surface area (Å²) in [4.78, 5) is 2.91. The Hall–Kier alpha value is -1.08. The molecule has 0 bridgehead atoms. The summed E-state index contributed by atoms with van der Waals surface area (Å²) in [5, 5.41) is 0. The Bertz CT molecular complexity index is 405. The highest BCUT2D eigenvalue weighted by molar-refractivity contribution is 7.13. The maximum absolute atomic E-state index is 3.69. The third kappa shape index (κ3) is 1.60. The van der Waals surface area contributed by atoms with Crippen molar-refractivity contribution in [1.82, 2.24) is 0 Å². The van der Waals surface area contributed by atoms with Crippen LogP contribution in [0.4, 0.5) is 0 Å². The third-order valence-electron chi connectivity index (χ3n) is 2.51. The molecule has 0 radical (unpaired) electrons. The second kappa shape index (κ2) is 3.97. The molecule has 0 saturated heterocycles. The van der Waals surface area contributed by atoms with E-state index in [1.54, 1.807) is 0 Å². The predicted octanol–water partition coefficient (Wildman–Crippen LogP) is 4.22. The van der Waals surface area contributed by atoms with E-state index >= 15 is 0 Å². The molecule has 0 aliphatic heterocycles. The minimum Gasteiger partial charge on any atom is -0.140 e. The van der Waals surface area contributed by atoms with Gasteiger partial charge in [-0.3, -0.25) is 0 Å². The number of rotatable bonds is 2. The van der Waals surface area contributed by atoms with Gasteiger partial charge in [0.2, 0.25) is 0 Å². The van der Waals surface area contributed by atoms with Crippen LogP contribution >= 0.6 is 11.3 Å². The van der Waals surface area contributed by atoms with Crippen LogP contribution in [0, 0.1) is 6.92 Å². The van der Waals surface area contributed by atoms with Crippen molar-refractivity contribution in [2.75, 3.05) is 0 Å². The van der Waals surface area contributed by atoms with Crippen LogP contribution in [0.3, 0.4) is 0 Å². The summed E-state index contributed by atoms with van der Waals surface area (Å²) >= 11 is 1.92. The van der Waals surface area contributed by atoms with E-state index in [9.17, 15) is 0 Å². The van der Waals surface area contributed by atoms with Gasteiger partial charge < -0.3 is 0 Å². The maximum atomic E-state index is 3.69. The summed E-state index contributed by atoms with van der Waals surface area (Å²) in [6, 6.07) is 0. The standard InChI is InChI=1S/C13H14S/c1-3-4-8-12-10(2)11-7-5-6-9-13(11)14-12/h3-5,7-8H,1,6,9H2,2H3. The Balaban J connectivity index is 2.44. The monoisotopic (exact) mass is 202 g/mol. The van der Waals surface area contributed by atoms with Gasteiger partial charge in [-0.15, -0.1) is 11.3 Å². The van der Waals surface area contributed by atoms with E-state index in [1.807, 2.05) is 23.5 Å². The summed E-state index contributed by atoms with van der Waals surface area (Å²) in [6.07, 6.45) is 12.9. The van der Waals surface area contributed by atoms with Crippen LogP contribution in [0.5, 0.6) is 0 Å². The summed E-state index contributed by atoms with van der Waals surface area (Å²) in [7, 11) is 0. The molecule has 1 aliphatic carbocycles. The average Bonchev–Trinajstić information content (AvgIpc) is 2.54. The lowest BCUT2D eigenvalue weighted by atomic mass is 10.0. The van der Waals surface area contributed by atoms with Crippen LogP contribution in [0.1, 0.15) is 27.3 Å². The Kier molecular flexibility index (Phi) is 2.69. The van der Waals surface area contributed by atoms with Gasteiger partial charge in [-0.25, -0.2) is 0 Å². The highest BCUT2D eigenvalue weighted by atomic mass is 32.1. The number of hydrogen-bond donors (Lipinski definition) is 0. The summed E-state index contributed by atoms with van der Waals surface area (Å²) in [5.41, 5.74) is 2.86. The molecule has 0 amide bonds. The SMILES string of the molecule is C=CC=Cc1sc2c(c1C)C=CCC2. The van der Waals surface area contributed by atoms with Gasteiger partial charge in [-0.05, 0) is 37.0 Å². The fourth-order valence-electron chi connectivity index (χ4n) is 1.74. The van der Waals surface area contributed by atoms with Gasteiger partial charge in [0.1, 0.15) is 0 Å². The molecule has 2 rings (SSSR count). The van der Waals surface area contributed by atoms with Crippen molar-refractivity contribution in [3.05, 3.63) is 45.7 Å². The van der Waals surface area contributed by atoms with E-state index in [2.05, 4.69) is 31.7 Å². The van der Waals surface area contributed by atoms with E-state index in [1.165, 1.54) is 33.7 Å². The minimum absolute atomic E-state index is 1.19. The third-order valence-corrected chi connectivity index (χ3v) is 3.85. The van der Waals surface area contributed by atoms with Crippen LogP contribution in [0.15, 0.2) is 24.8 Å². The molecule has 0 fully saturated rings. The zero-order valence-electron chi connectivity index (χ0n) is 8.42. The number of thiophene rings is 1. The first-order valence-corrected chi connectivity index (χ1v) is 5.72. The van der Waals surface area contributed by atoms with Crippen molar-refractivity contribution in [1.29, 1.82) is 0 Å². The molecule has 0 spiro atoms. The predicted molar refractivity (Wildman–Crippen MR) is 65.6 cm³/mol. The molecule has 0 atom stereocenters. The molecule has 72 valence electrons. The lowest BCUT2D eigenvalue weighted by Gasteiger charge is -2.03. The van der Waals surface area contributed by atoms with E-state index in [0.717, 1.165) is 0 Å². The maximum Gasteiger partial charge on any atom is 0.0308 e. The largest absolute Gasteiger partial charge is 0.140 e. The van der Waals surface area contributed by atoms with Crippen molar-refractivity contribution >= 4 is 23.5 Å². The molecule has 0 N–H and O–H groups in total. The zero-order chi connectivity index (χ0) is 9.97. The summed E-state index contributed by atoms with van der Waals surface area (Å²) in [5.74, 6) is 0. The number of aryl methyl sites for hydroxylation is 1. The van der Waals surface area contributed by atoms with Gasteiger partial charge in [0, 0.05) is 9.75 Å². The molecule has 1 aromatic rings. The molecule has 1 heterocycles. The first-order valence-electron chi connectivity index (χ1n) is 4.91. The fraction of sp³-hybridized carbons (Fsp3) is 0.231. The van der Waals surface area contributed by atoms with Gasteiger partial charge in [0.05, 0.1) is 0 Å². The van der Waals surface area contributed by atoms with Gasteiger partial charge in [-0.1, -0.05) is 30.9 Å². The molecular formula is C13H14S. The lowest BCUT2D eigenvalue weighted by molar-refractivity contribution is 1.01. The van der Waals surface area contributed by atoms with Crippen LogP contribution in [-0.2, 0) is 6.42 Å². The molecule has 1 aliphatic rings. The second-order valence-corrected chi connectivity index (χ2v) is 4.60. The van der Waals surface area contributed by atoms with Crippen molar-refractivity contribution < 1.29 is 0 Å². The molecule has 0 unspecified atom stereocenters. The van der Waals surface area contributed by atoms with Gasteiger partial charge in [0.15, 0.2) is 0 Å². The molecular weight excluding hydrogens is 188 g/mol. The average molecular weight is 202 g/mol. The number of allylic oxidation sites excluding steroid dienone is 3. The highest BCUT2D eigenvalue weighted by Crippen LogP contribution is 2.33. The van der Waals surface area contributed by atoms with Crippen LogP contribution in [-0.4, -0.2) is 0 Å². The number of hydrogen-bond acceptors (Lipinski definition) is 1. The Morgan fingerprint density at radius 2 is 2.36 bits per heavy atom. The Labute approximate surface area is 89.3 Å². The minimum atomic E-state index is 1.19. The molecule has 1 aromatic heterocycles. The normalized spacial score (nSPS) is 14.6. The van der Waals surface area contributed by atoms with Crippen molar-refractivity contribution in [2.45, 2.75) is 19.8 Å². The quantitative estimate of drug-likeness (QED) is 0.630. The molecule has 14 heavy (non-hydrogen) atoms. The smallest absolute Gasteiger partial charge is 0.0308 e. The topological polar surface area (TPSA) is 0 Å². The van der Waals surface area contributed by atoms with E-state index < -0.39 is 0 Å². The van der Waals surface area contributed by atoms with E-state index in [-0.39, 0.29) is 0 Å². The summed E-state index contributed by atoms with van der Waals surface area (Å²) < 4.78 is 0. The number of fused-ring (bicyclic) bond motifs is 1.